The standard InChI is InChI=1S/C25H28FN3O3/c1-4-27-13-15-28(16-14-27)23-22(18-9-11-19(26)12-10-18)24(30)29(25(23)31)20-7-5-6-8-21(20)32-17(2)3/h5-12,17H,4,13-16H2,1-3H3. The van der Waals surface area contributed by atoms with Crippen LogP contribution in [0.3, 0.4) is 0 Å². The van der Waals surface area contributed by atoms with Gasteiger partial charge in [0.15, 0.2) is 0 Å². The number of para-hydroxylation sites is 2. The van der Waals surface area contributed by atoms with E-state index in [9.17, 15) is 14.0 Å². The van der Waals surface area contributed by atoms with Crippen molar-refractivity contribution >= 4 is 23.1 Å². The summed E-state index contributed by atoms with van der Waals surface area (Å²) in [7, 11) is 0. The summed E-state index contributed by atoms with van der Waals surface area (Å²) in [6.07, 6.45) is -0.116. The van der Waals surface area contributed by atoms with Crippen LogP contribution in [0.1, 0.15) is 26.3 Å². The van der Waals surface area contributed by atoms with Crippen molar-refractivity contribution in [2.45, 2.75) is 26.9 Å². The molecule has 2 aliphatic rings. The maximum absolute atomic E-state index is 13.7. The van der Waals surface area contributed by atoms with E-state index in [1.165, 1.54) is 17.0 Å². The van der Waals surface area contributed by atoms with E-state index in [-0.39, 0.29) is 12.0 Å². The first-order chi connectivity index (χ1) is 15.4. The molecule has 4 rings (SSSR count). The zero-order chi connectivity index (χ0) is 22.8. The fraction of sp³-hybridized carbons (Fsp3) is 0.360. The number of nitrogens with zero attached hydrogens (tertiary/aromatic N) is 3. The van der Waals surface area contributed by atoms with E-state index in [1.54, 1.807) is 30.3 Å². The average molecular weight is 438 g/mol. The molecular formula is C25H28FN3O3. The van der Waals surface area contributed by atoms with E-state index in [0.717, 1.165) is 19.6 Å². The lowest BCUT2D eigenvalue weighted by Gasteiger charge is -2.36. The molecule has 168 valence electrons. The van der Waals surface area contributed by atoms with Gasteiger partial charge in [0, 0.05) is 26.2 Å². The van der Waals surface area contributed by atoms with Crippen molar-refractivity contribution in [3.8, 4) is 5.75 Å². The van der Waals surface area contributed by atoms with Crippen LogP contribution < -0.4 is 9.64 Å². The Hall–Kier alpha value is -3.19. The van der Waals surface area contributed by atoms with Crippen LogP contribution in [-0.2, 0) is 9.59 Å². The van der Waals surface area contributed by atoms with Gasteiger partial charge in [0.05, 0.1) is 17.4 Å². The maximum atomic E-state index is 13.7. The number of hydrogen-bond donors (Lipinski definition) is 0. The predicted octanol–water partition coefficient (Wildman–Crippen LogP) is 3.53. The van der Waals surface area contributed by atoms with Crippen LogP contribution in [0.15, 0.2) is 54.2 Å². The average Bonchev–Trinajstić information content (AvgIpc) is 3.04. The Morgan fingerprint density at radius 3 is 2.22 bits per heavy atom. The molecule has 0 saturated carbocycles. The number of hydrogen-bond acceptors (Lipinski definition) is 5. The maximum Gasteiger partial charge on any atom is 0.282 e. The molecule has 6 nitrogen and oxygen atoms in total. The number of amides is 2. The quantitative estimate of drug-likeness (QED) is 0.647. The van der Waals surface area contributed by atoms with Gasteiger partial charge >= 0.3 is 0 Å². The van der Waals surface area contributed by atoms with Gasteiger partial charge in [-0.3, -0.25) is 9.59 Å². The molecule has 0 aliphatic carbocycles. The highest BCUT2D eigenvalue weighted by atomic mass is 19.1. The lowest BCUT2D eigenvalue weighted by atomic mass is 10.0. The van der Waals surface area contributed by atoms with Crippen LogP contribution in [0.4, 0.5) is 10.1 Å². The Kier molecular flexibility index (Phi) is 6.28. The van der Waals surface area contributed by atoms with Gasteiger partial charge in [-0.25, -0.2) is 9.29 Å². The molecular weight excluding hydrogens is 409 g/mol. The van der Waals surface area contributed by atoms with Crippen molar-refractivity contribution in [3.05, 3.63) is 65.6 Å². The Morgan fingerprint density at radius 1 is 0.938 bits per heavy atom. The zero-order valence-electron chi connectivity index (χ0n) is 18.7. The summed E-state index contributed by atoms with van der Waals surface area (Å²) >= 11 is 0. The zero-order valence-corrected chi connectivity index (χ0v) is 18.7. The van der Waals surface area contributed by atoms with Crippen LogP contribution >= 0.6 is 0 Å². The highest BCUT2D eigenvalue weighted by Crippen LogP contribution is 2.39. The number of benzene rings is 2. The molecule has 0 aromatic heterocycles. The minimum Gasteiger partial charge on any atom is -0.489 e. The van der Waals surface area contributed by atoms with Crippen molar-refractivity contribution in [2.75, 3.05) is 37.6 Å². The summed E-state index contributed by atoms with van der Waals surface area (Å²) in [5.74, 6) is -0.718. The molecule has 2 aromatic carbocycles. The molecule has 7 heteroatoms. The van der Waals surface area contributed by atoms with Crippen molar-refractivity contribution < 1.29 is 18.7 Å². The minimum absolute atomic E-state index is 0.116. The van der Waals surface area contributed by atoms with Crippen molar-refractivity contribution in [2.24, 2.45) is 0 Å². The second-order valence-corrected chi connectivity index (χ2v) is 8.23. The number of ether oxygens (including phenoxy) is 1. The molecule has 0 bridgehead atoms. The van der Waals surface area contributed by atoms with Gasteiger partial charge < -0.3 is 14.5 Å². The molecule has 1 saturated heterocycles. The summed E-state index contributed by atoms with van der Waals surface area (Å²) in [5, 5.41) is 0. The third-order valence-electron chi connectivity index (χ3n) is 5.80. The Labute approximate surface area is 187 Å². The van der Waals surface area contributed by atoms with E-state index in [4.69, 9.17) is 4.74 Å². The first-order valence-corrected chi connectivity index (χ1v) is 11.0. The van der Waals surface area contributed by atoms with Crippen molar-refractivity contribution in [1.82, 2.24) is 9.80 Å². The summed E-state index contributed by atoms with van der Waals surface area (Å²) < 4.78 is 19.5. The number of carbonyl (C=O) groups is 2. The summed E-state index contributed by atoms with van der Waals surface area (Å²) in [5.41, 5.74) is 1.62. The van der Waals surface area contributed by atoms with Crippen LogP contribution in [0.25, 0.3) is 5.57 Å². The molecule has 0 spiro atoms. The fourth-order valence-corrected chi connectivity index (χ4v) is 4.19. The van der Waals surface area contributed by atoms with E-state index in [0.29, 0.717) is 41.4 Å². The van der Waals surface area contributed by atoms with Crippen LogP contribution in [-0.4, -0.2) is 60.4 Å². The summed E-state index contributed by atoms with van der Waals surface area (Å²) in [6, 6.07) is 12.8. The second-order valence-electron chi connectivity index (χ2n) is 8.23. The van der Waals surface area contributed by atoms with E-state index >= 15 is 0 Å². The summed E-state index contributed by atoms with van der Waals surface area (Å²) in [4.78, 5) is 32.9. The normalized spacial score (nSPS) is 17.7. The summed E-state index contributed by atoms with van der Waals surface area (Å²) in [6.45, 7) is 9.75. The lowest BCUT2D eigenvalue weighted by Crippen LogP contribution is -2.47. The van der Waals surface area contributed by atoms with Gasteiger partial charge in [0.1, 0.15) is 17.3 Å². The molecule has 0 N–H and O–H groups in total. The van der Waals surface area contributed by atoms with Crippen LogP contribution in [0.2, 0.25) is 0 Å². The Balaban J connectivity index is 1.78. The van der Waals surface area contributed by atoms with Gasteiger partial charge in [-0.05, 0) is 50.2 Å². The van der Waals surface area contributed by atoms with E-state index in [2.05, 4.69) is 11.8 Å². The number of halogens is 1. The number of anilines is 1. The van der Waals surface area contributed by atoms with E-state index in [1.807, 2.05) is 24.8 Å². The topological polar surface area (TPSA) is 53.1 Å². The molecule has 2 amide bonds. The second kappa shape index (κ2) is 9.12. The van der Waals surface area contributed by atoms with Crippen LogP contribution in [0, 0.1) is 5.82 Å². The first kappa shape index (κ1) is 22.0. The molecule has 2 heterocycles. The molecule has 0 unspecified atom stereocenters. The van der Waals surface area contributed by atoms with Crippen LogP contribution in [0.5, 0.6) is 5.75 Å². The minimum atomic E-state index is -0.422. The largest absolute Gasteiger partial charge is 0.489 e. The number of imide groups is 1. The van der Waals surface area contributed by atoms with Gasteiger partial charge in [0.25, 0.3) is 11.8 Å². The molecule has 0 radical (unpaired) electrons. The Morgan fingerprint density at radius 2 is 1.59 bits per heavy atom. The first-order valence-electron chi connectivity index (χ1n) is 11.0. The predicted molar refractivity (Wildman–Crippen MR) is 122 cm³/mol. The molecule has 1 fully saturated rings. The number of rotatable bonds is 6. The molecule has 32 heavy (non-hydrogen) atoms. The lowest BCUT2D eigenvalue weighted by molar-refractivity contribution is -0.120. The fourth-order valence-electron chi connectivity index (χ4n) is 4.19. The smallest absolute Gasteiger partial charge is 0.282 e. The highest BCUT2D eigenvalue weighted by molar-refractivity contribution is 6.45. The molecule has 2 aliphatic heterocycles. The van der Waals surface area contributed by atoms with E-state index < -0.39 is 11.7 Å². The highest BCUT2D eigenvalue weighted by Gasteiger charge is 2.44. The van der Waals surface area contributed by atoms with Gasteiger partial charge in [-0.2, -0.15) is 0 Å². The van der Waals surface area contributed by atoms with Crippen molar-refractivity contribution in [3.63, 3.8) is 0 Å². The number of carbonyl (C=O) groups excluding carboxylic acids is 2. The SMILES string of the molecule is CCN1CCN(C2=C(c3ccc(F)cc3)C(=O)N(c3ccccc3OC(C)C)C2=O)CC1. The molecule has 2 aromatic rings. The third-order valence-corrected chi connectivity index (χ3v) is 5.80. The Bertz CT molecular complexity index is 1040. The number of piperazine rings is 1. The van der Waals surface area contributed by atoms with Gasteiger partial charge in [-0.15, -0.1) is 0 Å². The molecule has 0 atom stereocenters. The monoisotopic (exact) mass is 437 g/mol. The third kappa shape index (κ3) is 4.12. The van der Waals surface area contributed by atoms with Crippen molar-refractivity contribution in [1.29, 1.82) is 0 Å². The number of likely N-dealkylation sites (N-methyl/N-ethyl adjacent to an activating group) is 1. The van der Waals surface area contributed by atoms with Gasteiger partial charge in [0.2, 0.25) is 0 Å². The van der Waals surface area contributed by atoms with Gasteiger partial charge in [-0.1, -0.05) is 31.2 Å².